The topological polar surface area (TPSA) is 38.0 Å². The van der Waals surface area contributed by atoms with E-state index < -0.39 is 17.7 Å². The molecule has 0 saturated carbocycles. The summed E-state index contributed by atoms with van der Waals surface area (Å²) in [6.45, 7) is 0. The normalized spacial score (nSPS) is 12.4. The maximum atomic E-state index is 13.2. The Labute approximate surface area is 125 Å². The van der Waals surface area contributed by atoms with Gasteiger partial charge in [0.15, 0.2) is 11.6 Å². The Hall–Kier alpha value is -1.20. The number of benzene rings is 2. The summed E-state index contributed by atoms with van der Waals surface area (Å²) in [6, 6.07) is 8.40. The van der Waals surface area contributed by atoms with Gasteiger partial charge in [0.25, 0.3) is 0 Å². The highest BCUT2D eigenvalue weighted by Crippen LogP contribution is 2.31. The summed E-state index contributed by atoms with van der Waals surface area (Å²) >= 11 is 12.2. The lowest BCUT2D eigenvalue weighted by molar-refractivity contribution is 0.502. The largest absolute Gasteiger partial charge is 0.271 e. The summed E-state index contributed by atoms with van der Waals surface area (Å²) in [7, 11) is 0. The zero-order valence-electron chi connectivity index (χ0n) is 10.3. The maximum absolute atomic E-state index is 13.2. The second-order valence-corrected chi connectivity index (χ2v) is 5.12. The fourth-order valence-electron chi connectivity index (χ4n) is 1.99. The van der Waals surface area contributed by atoms with E-state index in [1.165, 1.54) is 6.07 Å². The molecule has 106 valence electrons. The van der Waals surface area contributed by atoms with E-state index in [-0.39, 0.29) is 0 Å². The van der Waals surface area contributed by atoms with E-state index in [1.807, 2.05) is 0 Å². The van der Waals surface area contributed by atoms with Crippen LogP contribution in [0.4, 0.5) is 8.78 Å². The Morgan fingerprint density at radius 1 is 1.05 bits per heavy atom. The van der Waals surface area contributed by atoms with Crippen molar-refractivity contribution in [2.45, 2.75) is 12.5 Å². The first-order valence-electron chi connectivity index (χ1n) is 5.87. The van der Waals surface area contributed by atoms with Crippen molar-refractivity contribution in [1.82, 2.24) is 5.43 Å². The molecule has 2 rings (SSSR count). The number of nitrogens with one attached hydrogen (secondary N) is 1. The highest BCUT2D eigenvalue weighted by molar-refractivity contribution is 6.36. The SMILES string of the molecule is NNC(Cc1ccc(F)c(F)c1)c1c(Cl)cccc1Cl. The molecule has 2 nitrogen and oxygen atoms in total. The van der Waals surface area contributed by atoms with Crippen LogP contribution < -0.4 is 11.3 Å². The van der Waals surface area contributed by atoms with Gasteiger partial charge in [0.2, 0.25) is 0 Å². The third-order valence-corrected chi connectivity index (χ3v) is 3.63. The molecule has 1 atom stereocenters. The van der Waals surface area contributed by atoms with Gasteiger partial charge in [-0.15, -0.1) is 0 Å². The molecule has 20 heavy (non-hydrogen) atoms. The predicted molar refractivity (Wildman–Crippen MR) is 76.6 cm³/mol. The molecule has 1 unspecified atom stereocenters. The fourth-order valence-corrected chi connectivity index (χ4v) is 2.65. The predicted octanol–water partition coefficient (Wildman–Crippen LogP) is 4.02. The molecule has 0 aliphatic heterocycles. The monoisotopic (exact) mass is 316 g/mol. The van der Waals surface area contributed by atoms with Gasteiger partial charge in [-0.05, 0) is 36.2 Å². The Kier molecular flexibility index (Phi) is 4.94. The first kappa shape index (κ1) is 15.2. The number of rotatable bonds is 4. The molecule has 0 saturated heterocycles. The summed E-state index contributed by atoms with van der Waals surface area (Å²) in [5.74, 6) is 3.74. The Morgan fingerprint density at radius 2 is 1.70 bits per heavy atom. The lowest BCUT2D eigenvalue weighted by Crippen LogP contribution is -2.30. The Morgan fingerprint density at radius 3 is 2.25 bits per heavy atom. The lowest BCUT2D eigenvalue weighted by atomic mass is 9.99. The van der Waals surface area contributed by atoms with Crippen LogP contribution in [0.15, 0.2) is 36.4 Å². The van der Waals surface area contributed by atoms with Crippen molar-refractivity contribution in [3.63, 3.8) is 0 Å². The quantitative estimate of drug-likeness (QED) is 0.660. The molecule has 0 aliphatic rings. The van der Waals surface area contributed by atoms with Crippen molar-refractivity contribution in [1.29, 1.82) is 0 Å². The summed E-state index contributed by atoms with van der Waals surface area (Å²) < 4.78 is 26.1. The summed E-state index contributed by atoms with van der Waals surface area (Å²) in [5.41, 5.74) is 3.81. The second kappa shape index (κ2) is 6.50. The molecule has 2 aromatic carbocycles. The minimum Gasteiger partial charge on any atom is -0.271 e. The average molecular weight is 317 g/mol. The fraction of sp³-hybridized carbons (Fsp3) is 0.143. The van der Waals surface area contributed by atoms with Crippen molar-refractivity contribution in [2.75, 3.05) is 0 Å². The van der Waals surface area contributed by atoms with Gasteiger partial charge >= 0.3 is 0 Å². The molecule has 2 aromatic rings. The zero-order valence-corrected chi connectivity index (χ0v) is 11.8. The third-order valence-electron chi connectivity index (χ3n) is 2.97. The van der Waals surface area contributed by atoms with Crippen LogP contribution in [0.2, 0.25) is 10.0 Å². The van der Waals surface area contributed by atoms with Gasteiger partial charge in [0.1, 0.15) is 0 Å². The minimum atomic E-state index is -0.900. The van der Waals surface area contributed by atoms with E-state index in [4.69, 9.17) is 29.0 Å². The molecule has 6 heteroatoms. The van der Waals surface area contributed by atoms with Crippen molar-refractivity contribution >= 4 is 23.2 Å². The van der Waals surface area contributed by atoms with Crippen LogP contribution in [0.25, 0.3) is 0 Å². The van der Waals surface area contributed by atoms with Gasteiger partial charge in [-0.25, -0.2) is 8.78 Å². The highest BCUT2D eigenvalue weighted by atomic mass is 35.5. The smallest absolute Gasteiger partial charge is 0.159 e. The van der Waals surface area contributed by atoms with Gasteiger partial charge in [-0.3, -0.25) is 11.3 Å². The van der Waals surface area contributed by atoms with Gasteiger partial charge in [0.05, 0.1) is 6.04 Å². The summed E-state index contributed by atoms with van der Waals surface area (Å²) in [5, 5.41) is 0.922. The van der Waals surface area contributed by atoms with Crippen LogP contribution in [0.1, 0.15) is 17.2 Å². The zero-order chi connectivity index (χ0) is 14.7. The first-order chi connectivity index (χ1) is 9.52. The standard InChI is InChI=1S/C14H12Cl2F2N2/c15-9-2-1-3-10(16)14(9)13(20-19)7-8-4-5-11(17)12(18)6-8/h1-6,13,20H,7,19H2. The average Bonchev–Trinajstić information content (AvgIpc) is 2.41. The first-order valence-corrected chi connectivity index (χ1v) is 6.62. The van der Waals surface area contributed by atoms with Crippen molar-refractivity contribution in [3.8, 4) is 0 Å². The van der Waals surface area contributed by atoms with Crippen molar-refractivity contribution in [3.05, 3.63) is 69.2 Å². The molecular weight excluding hydrogens is 305 g/mol. The van der Waals surface area contributed by atoms with E-state index in [9.17, 15) is 8.78 Å². The van der Waals surface area contributed by atoms with Crippen LogP contribution in [-0.2, 0) is 6.42 Å². The molecule has 3 N–H and O–H groups in total. The van der Waals surface area contributed by atoms with Crippen LogP contribution in [-0.4, -0.2) is 0 Å². The molecule has 0 heterocycles. The van der Waals surface area contributed by atoms with E-state index in [1.54, 1.807) is 18.2 Å². The van der Waals surface area contributed by atoms with Crippen molar-refractivity contribution < 1.29 is 8.78 Å². The van der Waals surface area contributed by atoms with Gasteiger partial charge in [0, 0.05) is 15.6 Å². The molecule has 0 amide bonds. The van der Waals surface area contributed by atoms with E-state index >= 15 is 0 Å². The number of hydrogen-bond donors (Lipinski definition) is 2. The van der Waals surface area contributed by atoms with Crippen LogP contribution in [0.3, 0.4) is 0 Å². The molecule has 0 bridgehead atoms. The third kappa shape index (κ3) is 3.27. The summed E-state index contributed by atoms with van der Waals surface area (Å²) in [6.07, 6.45) is 0.331. The van der Waals surface area contributed by atoms with Crippen molar-refractivity contribution in [2.24, 2.45) is 5.84 Å². The molecule has 0 aromatic heterocycles. The minimum absolute atomic E-state index is 0.331. The van der Waals surface area contributed by atoms with Crippen LogP contribution in [0, 0.1) is 11.6 Å². The molecule has 0 aliphatic carbocycles. The number of hydrazine groups is 1. The van der Waals surface area contributed by atoms with E-state index in [2.05, 4.69) is 5.43 Å². The lowest BCUT2D eigenvalue weighted by Gasteiger charge is -2.19. The molecular formula is C14H12Cl2F2N2. The Balaban J connectivity index is 2.31. The summed E-state index contributed by atoms with van der Waals surface area (Å²) in [4.78, 5) is 0. The Bertz CT molecular complexity index is 600. The molecule has 0 fully saturated rings. The van der Waals surface area contributed by atoms with E-state index in [0.29, 0.717) is 27.6 Å². The second-order valence-electron chi connectivity index (χ2n) is 4.31. The van der Waals surface area contributed by atoms with Gasteiger partial charge in [-0.1, -0.05) is 35.3 Å². The number of hydrogen-bond acceptors (Lipinski definition) is 2. The van der Waals surface area contributed by atoms with Gasteiger partial charge < -0.3 is 0 Å². The van der Waals surface area contributed by atoms with Crippen LogP contribution >= 0.6 is 23.2 Å². The molecule has 0 spiro atoms. The number of nitrogens with two attached hydrogens (primary N) is 1. The molecule has 0 radical (unpaired) electrons. The van der Waals surface area contributed by atoms with E-state index in [0.717, 1.165) is 12.1 Å². The van der Waals surface area contributed by atoms with Gasteiger partial charge in [-0.2, -0.15) is 0 Å². The maximum Gasteiger partial charge on any atom is 0.159 e. The van der Waals surface area contributed by atoms with Crippen LogP contribution in [0.5, 0.6) is 0 Å². The number of halogens is 4. The highest BCUT2D eigenvalue weighted by Gasteiger charge is 2.18.